The molecule has 3 rings (SSSR count). The first-order chi connectivity index (χ1) is 16.4. The molecule has 7 nitrogen and oxygen atoms in total. The smallest absolute Gasteiger partial charge is 0.311 e. The molecule has 0 radical (unpaired) electrons. The molecule has 1 spiro atoms. The van der Waals surface area contributed by atoms with Gasteiger partial charge in [-0.25, -0.2) is 0 Å². The molecule has 0 aromatic carbocycles. The SMILES string of the molecule is C=CCOC(=O)[C@H]1[C@@H]2SC3(CC2Br)C(C(=O)N(CC=C)CCCCC)N(CCCCO)C(=O)[C@H]13. The van der Waals surface area contributed by atoms with Gasteiger partial charge in [-0.05, 0) is 25.7 Å². The average Bonchev–Trinajstić information content (AvgIpc) is 3.40. The predicted octanol–water partition coefficient (Wildman–Crippen LogP) is 3.16. The number of thioether (sulfide) groups is 1. The highest BCUT2D eigenvalue weighted by Gasteiger charge is 2.76. The standard InChI is InChI=1S/C25H37BrN2O5S/c1-4-7-8-12-27(11-5-2)23(31)21-25-16-17(26)20(34-25)18(24(32)33-15-6-3)19(25)22(30)28(21)13-9-10-14-29/h5-6,17-21,29H,2-4,7-16H2,1H3/t17?,18-,19+,20-,21?,25?/m1/s1. The Bertz CT molecular complexity index is 795. The van der Waals surface area contributed by atoms with E-state index in [0.29, 0.717) is 38.9 Å². The van der Waals surface area contributed by atoms with Gasteiger partial charge in [0.1, 0.15) is 12.6 Å². The van der Waals surface area contributed by atoms with Crippen molar-refractivity contribution in [2.45, 2.75) is 66.3 Å². The highest BCUT2D eigenvalue weighted by molar-refractivity contribution is 9.09. The van der Waals surface area contributed by atoms with Gasteiger partial charge >= 0.3 is 5.97 Å². The fraction of sp³-hybridized carbons (Fsp3) is 0.720. The molecule has 0 aromatic rings. The lowest BCUT2D eigenvalue weighted by molar-refractivity contribution is -0.153. The Labute approximate surface area is 215 Å². The molecule has 3 aliphatic rings. The van der Waals surface area contributed by atoms with Crippen molar-refractivity contribution >= 4 is 45.5 Å². The van der Waals surface area contributed by atoms with Crippen molar-refractivity contribution in [3.8, 4) is 0 Å². The number of hydrogen-bond donors (Lipinski definition) is 1. The molecule has 0 aliphatic carbocycles. The summed E-state index contributed by atoms with van der Waals surface area (Å²) in [5.41, 5.74) is 0. The first-order valence-corrected chi connectivity index (χ1v) is 14.1. The van der Waals surface area contributed by atoms with E-state index in [-0.39, 0.29) is 35.1 Å². The van der Waals surface area contributed by atoms with E-state index in [0.717, 1.165) is 19.3 Å². The van der Waals surface area contributed by atoms with Gasteiger partial charge in [-0.2, -0.15) is 0 Å². The molecule has 0 saturated carbocycles. The summed E-state index contributed by atoms with van der Waals surface area (Å²) in [6.45, 7) is 11.1. The molecule has 3 heterocycles. The van der Waals surface area contributed by atoms with E-state index < -0.39 is 28.6 Å². The minimum atomic E-state index is -0.672. The monoisotopic (exact) mass is 556 g/mol. The zero-order chi connectivity index (χ0) is 24.9. The van der Waals surface area contributed by atoms with E-state index in [9.17, 15) is 19.5 Å². The molecule has 34 heavy (non-hydrogen) atoms. The molecule has 3 saturated heterocycles. The minimum Gasteiger partial charge on any atom is -0.461 e. The number of alkyl halides is 1. The predicted molar refractivity (Wildman–Crippen MR) is 138 cm³/mol. The number of hydrogen-bond acceptors (Lipinski definition) is 6. The lowest BCUT2D eigenvalue weighted by Crippen LogP contribution is -2.55. The molecule has 2 amide bonds. The molecule has 3 aliphatic heterocycles. The summed E-state index contributed by atoms with van der Waals surface area (Å²) < 4.78 is 4.73. The second-order valence-corrected chi connectivity index (χ2v) is 12.0. The topological polar surface area (TPSA) is 87.2 Å². The number of fused-ring (bicyclic) bond motifs is 1. The molecular formula is C25H37BrN2O5S. The van der Waals surface area contributed by atoms with Crippen LogP contribution in [0.15, 0.2) is 25.3 Å². The number of rotatable bonds is 14. The van der Waals surface area contributed by atoms with E-state index in [1.165, 1.54) is 6.08 Å². The van der Waals surface area contributed by atoms with Gasteiger partial charge in [-0.3, -0.25) is 14.4 Å². The number of halogens is 1. The van der Waals surface area contributed by atoms with Gasteiger partial charge in [0.05, 0.1) is 16.6 Å². The summed E-state index contributed by atoms with van der Waals surface area (Å²) in [5.74, 6) is -1.78. The van der Waals surface area contributed by atoms with Crippen LogP contribution >= 0.6 is 27.7 Å². The van der Waals surface area contributed by atoms with Crippen LogP contribution in [-0.2, 0) is 19.1 Å². The molecule has 3 fully saturated rings. The Kier molecular flexibility index (Phi) is 9.69. The number of unbranched alkanes of at least 4 members (excludes halogenated alkanes) is 3. The van der Waals surface area contributed by atoms with Crippen LogP contribution in [0.2, 0.25) is 0 Å². The average molecular weight is 558 g/mol. The Morgan fingerprint density at radius 1 is 1.29 bits per heavy atom. The van der Waals surface area contributed by atoms with Gasteiger partial charge in [-0.15, -0.1) is 18.3 Å². The zero-order valence-corrected chi connectivity index (χ0v) is 22.4. The molecule has 190 valence electrons. The van der Waals surface area contributed by atoms with Gasteiger partial charge in [0.2, 0.25) is 11.8 Å². The van der Waals surface area contributed by atoms with Crippen molar-refractivity contribution in [3.63, 3.8) is 0 Å². The van der Waals surface area contributed by atoms with Crippen molar-refractivity contribution in [1.82, 2.24) is 9.80 Å². The number of nitrogens with zero attached hydrogens (tertiary/aromatic N) is 2. The van der Waals surface area contributed by atoms with E-state index in [1.54, 1.807) is 22.7 Å². The van der Waals surface area contributed by atoms with Gasteiger partial charge < -0.3 is 19.6 Å². The second kappa shape index (κ2) is 12.1. The Hall–Kier alpha value is -1.32. The number of aliphatic hydroxyl groups excluding tert-OH is 1. The summed E-state index contributed by atoms with van der Waals surface area (Å²) in [6, 6.07) is -0.641. The van der Waals surface area contributed by atoms with Crippen LogP contribution in [0.4, 0.5) is 0 Å². The highest BCUT2D eigenvalue weighted by Crippen LogP contribution is 2.68. The lowest BCUT2D eigenvalue weighted by atomic mass is 9.71. The van der Waals surface area contributed by atoms with Crippen LogP contribution in [0, 0.1) is 11.8 Å². The Morgan fingerprint density at radius 3 is 2.71 bits per heavy atom. The third-order valence-electron chi connectivity index (χ3n) is 7.14. The number of aliphatic hydroxyl groups is 1. The maximum Gasteiger partial charge on any atom is 0.311 e. The van der Waals surface area contributed by atoms with Crippen LogP contribution in [0.5, 0.6) is 0 Å². The summed E-state index contributed by atoms with van der Waals surface area (Å²) in [6.07, 6.45) is 8.02. The van der Waals surface area contributed by atoms with Crippen LogP contribution in [-0.4, -0.2) is 86.4 Å². The summed E-state index contributed by atoms with van der Waals surface area (Å²) in [5, 5.41) is 9.17. The Balaban J connectivity index is 1.97. The largest absolute Gasteiger partial charge is 0.461 e. The highest BCUT2D eigenvalue weighted by atomic mass is 79.9. The first kappa shape index (κ1) is 27.3. The third-order valence-corrected chi connectivity index (χ3v) is 10.4. The van der Waals surface area contributed by atoms with Gasteiger partial charge in [0, 0.05) is 36.3 Å². The van der Waals surface area contributed by atoms with Crippen molar-refractivity contribution in [1.29, 1.82) is 0 Å². The molecule has 1 N–H and O–H groups in total. The number of ether oxygens (including phenoxy) is 1. The summed E-state index contributed by atoms with van der Waals surface area (Å²) in [7, 11) is 0. The van der Waals surface area contributed by atoms with Crippen molar-refractivity contribution < 1.29 is 24.2 Å². The first-order valence-electron chi connectivity index (χ1n) is 12.3. The number of amides is 2. The number of esters is 1. The molecule has 9 heteroatoms. The van der Waals surface area contributed by atoms with Crippen LogP contribution < -0.4 is 0 Å². The fourth-order valence-electron chi connectivity index (χ4n) is 5.72. The lowest BCUT2D eigenvalue weighted by Gasteiger charge is -2.38. The van der Waals surface area contributed by atoms with E-state index in [2.05, 4.69) is 36.0 Å². The molecule has 3 unspecified atom stereocenters. The van der Waals surface area contributed by atoms with E-state index in [1.807, 2.05) is 4.90 Å². The van der Waals surface area contributed by atoms with Crippen LogP contribution in [0.1, 0.15) is 45.4 Å². The Morgan fingerprint density at radius 2 is 2.06 bits per heavy atom. The van der Waals surface area contributed by atoms with E-state index in [4.69, 9.17) is 4.74 Å². The third kappa shape index (κ3) is 4.98. The maximum atomic E-state index is 14.1. The van der Waals surface area contributed by atoms with Gasteiger partial charge in [0.15, 0.2) is 0 Å². The van der Waals surface area contributed by atoms with Gasteiger partial charge in [-0.1, -0.05) is 54.4 Å². The molecule has 2 bridgehead atoms. The van der Waals surface area contributed by atoms with E-state index >= 15 is 0 Å². The number of carbonyl (C=O) groups excluding carboxylic acids is 3. The minimum absolute atomic E-state index is 0.0171. The van der Waals surface area contributed by atoms with Crippen molar-refractivity contribution in [2.75, 3.05) is 32.8 Å². The van der Waals surface area contributed by atoms with Crippen molar-refractivity contribution in [2.24, 2.45) is 11.8 Å². The van der Waals surface area contributed by atoms with Crippen LogP contribution in [0.25, 0.3) is 0 Å². The second-order valence-electron chi connectivity index (χ2n) is 9.32. The van der Waals surface area contributed by atoms with Crippen LogP contribution in [0.3, 0.4) is 0 Å². The fourth-order valence-corrected chi connectivity index (χ4v) is 9.32. The molecular weight excluding hydrogens is 520 g/mol. The molecule has 0 aromatic heterocycles. The summed E-state index contributed by atoms with van der Waals surface area (Å²) in [4.78, 5) is 44.5. The van der Waals surface area contributed by atoms with Crippen molar-refractivity contribution in [3.05, 3.63) is 25.3 Å². The molecule has 6 atom stereocenters. The number of carbonyl (C=O) groups is 3. The zero-order valence-electron chi connectivity index (χ0n) is 20.0. The normalized spacial score (nSPS) is 31.4. The summed E-state index contributed by atoms with van der Waals surface area (Å²) >= 11 is 5.37. The number of likely N-dealkylation sites (tertiary alicyclic amines) is 1. The van der Waals surface area contributed by atoms with Gasteiger partial charge in [0.25, 0.3) is 0 Å². The maximum absolute atomic E-state index is 14.1. The quantitative estimate of drug-likeness (QED) is 0.153.